The van der Waals surface area contributed by atoms with E-state index in [0.717, 1.165) is 37.7 Å². The minimum atomic E-state index is -0.460. The number of thioether (sulfide) groups is 1. The van der Waals surface area contributed by atoms with E-state index in [4.69, 9.17) is 4.74 Å². The number of pyridine rings is 1. The number of ether oxygens (including phenoxy) is 1. The van der Waals surface area contributed by atoms with Crippen molar-refractivity contribution in [2.75, 3.05) is 13.1 Å². The Labute approximate surface area is 169 Å². The van der Waals surface area contributed by atoms with Crippen LogP contribution in [0.3, 0.4) is 0 Å². The number of carbonyl (C=O) groups is 1. The van der Waals surface area contributed by atoms with Crippen LogP contribution >= 0.6 is 11.8 Å². The van der Waals surface area contributed by atoms with Crippen molar-refractivity contribution in [1.29, 1.82) is 0 Å². The Bertz CT molecular complexity index is 795. The summed E-state index contributed by atoms with van der Waals surface area (Å²) >= 11 is 1.91. The van der Waals surface area contributed by atoms with Gasteiger partial charge in [0.05, 0.1) is 12.4 Å². The van der Waals surface area contributed by atoms with Gasteiger partial charge in [-0.3, -0.25) is 0 Å². The number of rotatable bonds is 4. The van der Waals surface area contributed by atoms with Crippen LogP contribution in [0.1, 0.15) is 51.3 Å². The molecule has 2 aromatic rings. The third kappa shape index (κ3) is 5.47. The molecule has 1 aliphatic heterocycles. The molecule has 8 heteroatoms. The van der Waals surface area contributed by atoms with Crippen LogP contribution in [0.2, 0.25) is 0 Å². The largest absolute Gasteiger partial charge is 0.444 e. The van der Waals surface area contributed by atoms with Crippen LogP contribution < -0.4 is 0 Å². The molecule has 0 bridgehead atoms. The number of likely N-dealkylation sites (tertiary alicyclic amines) is 1. The lowest BCUT2D eigenvalue weighted by molar-refractivity contribution is 0.0219. The van der Waals surface area contributed by atoms with E-state index >= 15 is 0 Å². The van der Waals surface area contributed by atoms with E-state index in [2.05, 4.69) is 17.0 Å². The Morgan fingerprint density at radius 1 is 1.29 bits per heavy atom. The number of hydrogen-bond donors (Lipinski definition) is 0. The maximum absolute atomic E-state index is 13.1. The molecule has 0 radical (unpaired) electrons. The summed E-state index contributed by atoms with van der Waals surface area (Å²) in [4.78, 5) is 18.4. The van der Waals surface area contributed by atoms with Crippen LogP contribution in [0.15, 0.2) is 30.7 Å². The summed E-state index contributed by atoms with van der Waals surface area (Å²) < 4.78 is 20.0. The zero-order valence-corrected chi connectivity index (χ0v) is 17.6. The molecule has 1 atom stereocenters. The van der Waals surface area contributed by atoms with Crippen LogP contribution in [0.25, 0.3) is 5.82 Å². The zero-order valence-electron chi connectivity index (χ0n) is 16.8. The van der Waals surface area contributed by atoms with Crippen molar-refractivity contribution >= 4 is 17.9 Å². The van der Waals surface area contributed by atoms with Gasteiger partial charge in [0, 0.05) is 29.8 Å². The van der Waals surface area contributed by atoms with Crippen molar-refractivity contribution in [3.8, 4) is 5.82 Å². The molecule has 0 N–H and O–H groups in total. The summed E-state index contributed by atoms with van der Waals surface area (Å²) in [5.74, 6) is 0.211. The minimum Gasteiger partial charge on any atom is -0.444 e. The third-order valence-electron chi connectivity index (χ3n) is 4.52. The van der Waals surface area contributed by atoms with E-state index in [1.54, 1.807) is 4.90 Å². The molecule has 0 aliphatic carbocycles. The highest BCUT2D eigenvalue weighted by molar-refractivity contribution is 8.00. The lowest BCUT2D eigenvalue weighted by atomic mass is 10.1. The molecule has 1 unspecified atom stereocenters. The highest BCUT2D eigenvalue weighted by Crippen LogP contribution is 2.36. The van der Waals surface area contributed by atoms with Crippen LogP contribution in [0, 0.1) is 5.82 Å². The molecule has 28 heavy (non-hydrogen) atoms. The number of carbonyl (C=O) groups excluding carboxylic acids is 1. The smallest absolute Gasteiger partial charge is 0.410 e. The molecule has 3 rings (SSSR count). The van der Waals surface area contributed by atoms with Crippen molar-refractivity contribution in [1.82, 2.24) is 19.7 Å². The highest BCUT2D eigenvalue weighted by Gasteiger charge is 2.28. The van der Waals surface area contributed by atoms with Crippen LogP contribution in [-0.4, -0.2) is 49.7 Å². The SMILES string of the molecule is CC(SC1CCN(C(=O)OC(C)(C)C)CC1)c1ccc(-n2cc(F)cn2)nc1. The van der Waals surface area contributed by atoms with Crippen molar-refractivity contribution in [2.24, 2.45) is 0 Å². The number of nitrogens with zero attached hydrogens (tertiary/aromatic N) is 4. The average Bonchev–Trinajstić information content (AvgIpc) is 3.07. The molecule has 0 spiro atoms. The molecule has 6 nitrogen and oxygen atoms in total. The lowest BCUT2D eigenvalue weighted by Gasteiger charge is -2.34. The fraction of sp³-hybridized carbons (Fsp3) is 0.550. The van der Waals surface area contributed by atoms with E-state index in [1.165, 1.54) is 10.9 Å². The first kappa shape index (κ1) is 20.6. The molecule has 1 amide bonds. The normalized spacial score (nSPS) is 16.8. The van der Waals surface area contributed by atoms with Gasteiger partial charge in [0.15, 0.2) is 11.6 Å². The number of aromatic nitrogens is 3. The van der Waals surface area contributed by atoms with Gasteiger partial charge in [-0.25, -0.2) is 18.9 Å². The van der Waals surface area contributed by atoms with Gasteiger partial charge < -0.3 is 9.64 Å². The zero-order chi connectivity index (χ0) is 20.3. The first-order valence-corrected chi connectivity index (χ1v) is 10.5. The Kier molecular flexibility index (Phi) is 6.27. The molecule has 1 saturated heterocycles. The molecular formula is C20H27FN4O2S. The lowest BCUT2D eigenvalue weighted by Crippen LogP contribution is -2.42. The van der Waals surface area contributed by atoms with E-state index in [-0.39, 0.29) is 17.2 Å². The predicted octanol–water partition coefficient (Wildman–Crippen LogP) is 4.60. The summed E-state index contributed by atoms with van der Waals surface area (Å²) in [7, 11) is 0. The Hall–Kier alpha value is -2.09. The number of hydrogen-bond acceptors (Lipinski definition) is 5. The van der Waals surface area contributed by atoms with Gasteiger partial charge in [0.2, 0.25) is 0 Å². The van der Waals surface area contributed by atoms with E-state index < -0.39 is 5.60 Å². The summed E-state index contributed by atoms with van der Waals surface area (Å²) in [6, 6.07) is 3.86. The van der Waals surface area contributed by atoms with Crippen LogP contribution in [0.4, 0.5) is 9.18 Å². The first-order chi connectivity index (χ1) is 13.2. The van der Waals surface area contributed by atoms with Crippen molar-refractivity contribution < 1.29 is 13.9 Å². The maximum Gasteiger partial charge on any atom is 0.410 e. The summed E-state index contributed by atoms with van der Waals surface area (Å²) in [5.41, 5.74) is 0.661. The molecule has 3 heterocycles. The van der Waals surface area contributed by atoms with E-state index in [9.17, 15) is 9.18 Å². The van der Waals surface area contributed by atoms with Gasteiger partial charge in [0.25, 0.3) is 0 Å². The number of halogens is 1. The van der Waals surface area contributed by atoms with Gasteiger partial charge >= 0.3 is 6.09 Å². The molecule has 0 aromatic carbocycles. The monoisotopic (exact) mass is 406 g/mol. The second kappa shape index (κ2) is 8.51. The van der Waals surface area contributed by atoms with E-state index in [1.807, 2.05) is 50.9 Å². The third-order valence-corrected chi connectivity index (χ3v) is 6.05. The topological polar surface area (TPSA) is 60.2 Å². The van der Waals surface area contributed by atoms with E-state index in [0.29, 0.717) is 11.1 Å². The highest BCUT2D eigenvalue weighted by atomic mass is 32.2. The summed E-state index contributed by atoms with van der Waals surface area (Å²) in [5, 5.41) is 4.71. The average molecular weight is 407 g/mol. The standard InChI is InChI=1S/C20H27FN4O2S/c1-14(15-5-6-18(22-11-15)25-13-16(21)12-23-25)28-17-7-9-24(10-8-17)19(26)27-20(2,3)4/h5-6,11-14,17H,7-10H2,1-4H3. The number of amides is 1. The van der Waals surface area contributed by atoms with Crippen LogP contribution in [-0.2, 0) is 4.74 Å². The predicted molar refractivity (Wildman–Crippen MR) is 108 cm³/mol. The maximum atomic E-state index is 13.1. The summed E-state index contributed by atoms with van der Waals surface area (Å²) in [6.45, 7) is 9.27. The van der Waals surface area contributed by atoms with Crippen LogP contribution in [0.5, 0.6) is 0 Å². The van der Waals surface area contributed by atoms with Gasteiger partial charge in [-0.15, -0.1) is 0 Å². The first-order valence-electron chi connectivity index (χ1n) is 9.51. The summed E-state index contributed by atoms with van der Waals surface area (Å²) in [6.07, 6.45) is 5.97. The Balaban J connectivity index is 1.50. The minimum absolute atomic E-state index is 0.223. The van der Waals surface area contributed by atoms with Crippen molar-refractivity contribution in [3.05, 3.63) is 42.1 Å². The van der Waals surface area contributed by atoms with Gasteiger partial charge in [-0.05, 0) is 52.2 Å². The molecule has 152 valence electrons. The fourth-order valence-electron chi connectivity index (χ4n) is 3.07. The second-order valence-electron chi connectivity index (χ2n) is 8.00. The molecule has 0 saturated carbocycles. The Morgan fingerprint density at radius 2 is 2.00 bits per heavy atom. The van der Waals surface area contributed by atoms with Crippen molar-refractivity contribution in [3.63, 3.8) is 0 Å². The van der Waals surface area contributed by atoms with Gasteiger partial charge in [-0.1, -0.05) is 6.07 Å². The quantitative estimate of drug-likeness (QED) is 0.743. The second-order valence-corrected chi connectivity index (χ2v) is 9.64. The van der Waals surface area contributed by atoms with Gasteiger partial charge in [-0.2, -0.15) is 16.9 Å². The molecule has 1 aliphatic rings. The Morgan fingerprint density at radius 3 is 2.54 bits per heavy atom. The van der Waals surface area contributed by atoms with Gasteiger partial charge in [0.1, 0.15) is 5.60 Å². The molecule has 1 fully saturated rings. The number of piperidine rings is 1. The van der Waals surface area contributed by atoms with Crippen molar-refractivity contribution in [2.45, 2.75) is 56.6 Å². The fourth-order valence-corrected chi connectivity index (χ4v) is 4.42. The molecule has 2 aromatic heterocycles. The molecular weight excluding hydrogens is 379 g/mol.